The molecular formula is C24H25Cl2F2N3O3. The first-order valence-corrected chi connectivity index (χ1v) is 11.9. The Bertz CT molecular complexity index is 1120. The van der Waals surface area contributed by atoms with E-state index in [0.717, 1.165) is 25.0 Å². The van der Waals surface area contributed by atoms with Crippen LogP contribution in [0.2, 0.25) is 10.0 Å². The fourth-order valence-electron chi connectivity index (χ4n) is 4.95. The minimum Gasteiger partial charge on any atom is -0.393 e. The maximum Gasteiger partial charge on any atom is 0.237 e. The van der Waals surface area contributed by atoms with E-state index in [1.807, 2.05) is 0 Å². The van der Waals surface area contributed by atoms with Gasteiger partial charge < -0.3 is 21.5 Å². The lowest BCUT2D eigenvalue weighted by molar-refractivity contribution is -0.123. The van der Waals surface area contributed by atoms with Gasteiger partial charge in [-0.1, -0.05) is 29.3 Å². The van der Waals surface area contributed by atoms with Crippen molar-refractivity contribution in [3.63, 3.8) is 0 Å². The van der Waals surface area contributed by atoms with Gasteiger partial charge in [-0.05, 0) is 67.0 Å². The molecule has 2 aromatic rings. The van der Waals surface area contributed by atoms with Crippen LogP contribution in [0, 0.1) is 17.6 Å². The predicted molar refractivity (Wildman–Crippen MR) is 126 cm³/mol. The molecule has 5 atom stereocenters. The number of anilines is 1. The summed E-state index contributed by atoms with van der Waals surface area (Å²) in [7, 11) is 0. The van der Waals surface area contributed by atoms with Crippen LogP contribution in [0.3, 0.4) is 0 Å². The van der Waals surface area contributed by atoms with Gasteiger partial charge in [0, 0.05) is 18.2 Å². The average molecular weight is 512 g/mol. The first-order chi connectivity index (χ1) is 16.2. The highest BCUT2D eigenvalue weighted by Crippen LogP contribution is 2.45. The van der Waals surface area contributed by atoms with Gasteiger partial charge in [-0.25, -0.2) is 8.78 Å². The third-order valence-electron chi connectivity index (χ3n) is 6.71. The smallest absolute Gasteiger partial charge is 0.237 e. The number of nitrogens with one attached hydrogen (secondary N) is 2. The van der Waals surface area contributed by atoms with Crippen molar-refractivity contribution in [3.05, 3.63) is 63.1 Å². The lowest BCUT2D eigenvalue weighted by atomic mass is 9.77. The highest BCUT2D eigenvalue weighted by molar-refractivity contribution is 6.31. The second kappa shape index (κ2) is 10.2. The van der Waals surface area contributed by atoms with Crippen LogP contribution in [0.15, 0.2) is 30.3 Å². The molecule has 1 heterocycles. The van der Waals surface area contributed by atoms with Gasteiger partial charge in [-0.3, -0.25) is 9.59 Å². The average Bonchev–Trinajstić information content (AvgIpc) is 3.33. The first-order valence-electron chi connectivity index (χ1n) is 11.1. The maximum atomic E-state index is 14.3. The summed E-state index contributed by atoms with van der Waals surface area (Å²) >= 11 is 11.9. The fourth-order valence-corrected chi connectivity index (χ4v) is 5.31. The number of carbonyl (C=O) groups is 2. The molecule has 2 aliphatic rings. The van der Waals surface area contributed by atoms with Gasteiger partial charge in [0.2, 0.25) is 11.8 Å². The van der Waals surface area contributed by atoms with E-state index in [1.165, 1.54) is 18.2 Å². The maximum absolute atomic E-state index is 14.3. The normalized spacial score (nSPS) is 23.4. The summed E-state index contributed by atoms with van der Waals surface area (Å²) in [5.41, 5.74) is 7.38. The van der Waals surface area contributed by atoms with Crippen molar-refractivity contribution in [3.8, 4) is 0 Å². The van der Waals surface area contributed by atoms with Crippen molar-refractivity contribution in [2.45, 2.75) is 49.7 Å². The molecule has 1 saturated carbocycles. The van der Waals surface area contributed by atoms with E-state index in [9.17, 15) is 23.5 Å². The van der Waals surface area contributed by atoms with Crippen LogP contribution in [0.1, 0.15) is 48.6 Å². The molecule has 1 aliphatic carbocycles. The Morgan fingerprint density at radius 2 is 1.91 bits per heavy atom. The third kappa shape index (κ3) is 5.05. The van der Waals surface area contributed by atoms with Crippen molar-refractivity contribution in [2.24, 2.45) is 11.7 Å². The zero-order valence-electron chi connectivity index (χ0n) is 18.2. The van der Waals surface area contributed by atoms with Crippen molar-refractivity contribution < 1.29 is 23.5 Å². The molecule has 0 radical (unpaired) electrons. The van der Waals surface area contributed by atoms with Crippen LogP contribution in [0.25, 0.3) is 0 Å². The number of hydrogen-bond acceptors (Lipinski definition) is 4. The number of aliphatic hydroxyl groups is 1. The summed E-state index contributed by atoms with van der Waals surface area (Å²) in [6, 6.07) is 5.12. The topological polar surface area (TPSA) is 104 Å². The molecule has 1 fully saturated rings. The van der Waals surface area contributed by atoms with E-state index < -0.39 is 41.3 Å². The van der Waals surface area contributed by atoms with Gasteiger partial charge in [-0.2, -0.15) is 0 Å². The molecule has 5 N–H and O–H groups in total. The number of nitrogens with two attached hydrogens (primary N) is 1. The largest absolute Gasteiger partial charge is 0.393 e. The Morgan fingerprint density at radius 1 is 1.18 bits per heavy atom. The number of benzene rings is 2. The minimum absolute atomic E-state index is 0.153. The number of amides is 2. The van der Waals surface area contributed by atoms with E-state index in [0.29, 0.717) is 42.1 Å². The van der Waals surface area contributed by atoms with E-state index >= 15 is 0 Å². The molecule has 4 rings (SSSR count). The first kappa shape index (κ1) is 24.9. The summed E-state index contributed by atoms with van der Waals surface area (Å²) in [6.45, 7) is 0.360. The van der Waals surface area contributed by atoms with E-state index in [2.05, 4.69) is 10.6 Å². The number of fused-ring (bicyclic) bond motifs is 1. The van der Waals surface area contributed by atoms with E-state index in [-0.39, 0.29) is 16.1 Å². The zero-order valence-corrected chi connectivity index (χ0v) is 19.7. The van der Waals surface area contributed by atoms with Crippen molar-refractivity contribution in [2.75, 3.05) is 11.9 Å². The summed E-state index contributed by atoms with van der Waals surface area (Å²) in [5.74, 6) is -4.00. The molecular weight excluding hydrogens is 487 g/mol. The minimum atomic E-state index is -1.21. The van der Waals surface area contributed by atoms with Crippen molar-refractivity contribution in [1.82, 2.24) is 5.32 Å². The number of aliphatic hydroxyl groups excluding tert-OH is 1. The highest BCUT2D eigenvalue weighted by Gasteiger charge is 2.43. The number of carbonyl (C=O) groups excluding carboxylic acids is 2. The Balaban J connectivity index is 1.61. The Kier molecular flexibility index (Phi) is 7.42. The second-order valence-corrected chi connectivity index (χ2v) is 9.77. The second-order valence-electron chi connectivity index (χ2n) is 8.96. The zero-order chi connectivity index (χ0) is 24.6. The standard InChI is InChI=1S/C24H25Cl2F2N3O3/c25-15-8-12(2-4-17(15)27)20(21-14-9-18(28)16(26)10-19(14)31-23(21)33)22(29)24(34)30-6-5-11-1-3-13(32)7-11/h2,4,8-11,13,20-22,32H,1,3,5-7,29H2,(H,30,34)(H,31,33)/t11?,13?,20-,21-,22-/m1/s1. The Morgan fingerprint density at radius 3 is 2.59 bits per heavy atom. The van der Waals surface area contributed by atoms with Crippen molar-refractivity contribution in [1.29, 1.82) is 0 Å². The molecule has 6 nitrogen and oxygen atoms in total. The molecule has 10 heteroatoms. The van der Waals surface area contributed by atoms with Gasteiger partial charge in [0.05, 0.1) is 28.1 Å². The molecule has 2 amide bonds. The van der Waals surface area contributed by atoms with Crippen LogP contribution in [0.4, 0.5) is 14.5 Å². The summed E-state index contributed by atoms with van der Waals surface area (Å²) in [6.07, 6.45) is 2.74. The van der Waals surface area contributed by atoms with Gasteiger partial charge in [0.15, 0.2) is 0 Å². The Labute approximate surface area is 205 Å². The van der Waals surface area contributed by atoms with Gasteiger partial charge in [0.25, 0.3) is 0 Å². The van der Waals surface area contributed by atoms with Gasteiger partial charge in [0.1, 0.15) is 11.6 Å². The lowest BCUT2D eigenvalue weighted by Gasteiger charge is -2.28. The van der Waals surface area contributed by atoms with E-state index in [1.54, 1.807) is 0 Å². The molecule has 2 aromatic carbocycles. The summed E-state index contributed by atoms with van der Waals surface area (Å²) < 4.78 is 28.1. The van der Waals surface area contributed by atoms with Crippen LogP contribution in [-0.4, -0.2) is 35.6 Å². The predicted octanol–water partition coefficient (Wildman–Crippen LogP) is 4.09. The van der Waals surface area contributed by atoms with Crippen LogP contribution in [-0.2, 0) is 9.59 Å². The molecule has 0 bridgehead atoms. The highest BCUT2D eigenvalue weighted by atomic mass is 35.5. The summed E-state index contributed by atoms with van der Waals surface area (Å²) in [5, 5.41) is 14.8. The lowest BCUT2D eigenvalue weighted by Crippen LogP contribution is -2.47. The van der Waals surface area contributed by atoms with Gasteiger partial charge >= 0.3 is 0 Å². The van der Waals surface area contributed by atoms with Crippen LogP contribution >= 0.6 is 23.2 Å². The number of halogens is 4. The number of hydrogen-bond donors (Lipinski definition) is 4. The molecule has 0 aromatic heterocycles. The molecule has 34 heavy (non-hydrogen) atoms. The molecule has 182 valence electrons. The van der Waals surface area contributed by atoms with Gasteiger partial charge in [-0.15, -0.1) is 0 Å². The quantitative estimate of drug-likeness (QED) is 0.449. The molecule has 2 unspecified atom stereocenters. The van der Waals surface area contributed by atoms with E-state index in [4.69, 9.17) is 28.9 Å². The van der Waals surface area contributed by atoms with Crippen LogP contribution < -0.4 is 16.4 Å². The van der Waals surface area contributed by atoms with Crippen LogP contribution in [0.5, 0.6) is 0 Å². The third-order valence-corrected chi connectivity index (χ3v) is 7.29. The molecule has 1 aliphatic heterocycles. The SMILES string of the molecule is N[C@@H](C(=O)NCCC1CCC(O)C1)[C@H](c1ccc(F)c(Cl)c1)[C@@H]1C(=O)Nc2cc(Cl)c(F)cc21. The monoisotopic (exact) mass is 511 g/mol. The molecule has 0 spiro atoms. The Hall–Kier alpha value is -2.26. The van der Waals surface area contributed by atoms with Crippen molar-refractivity contribution >= 4 is 40.7 Å². The number of rotatable bonds is 7. The molecule has 0 saturated heterocycles. The summed E-state index contributed by atoms with van der Waals surface area (Å²) in [4.78, 5) is 26.0. The fraction of sp³-hybridized carbons (Fsp3) is 0.417.